The average molecular weight is 492 g/mol. The van der Waals surface area contributed by atoms with E-state index in [1.807, 2.05) is 0 Å². The van der Waals surface area contributed by atoms with Gasteiger partial charge in [-0.2, -0.15) is 0 Å². The Hall–Kier alpha value is -2.57. The topological polar surface area (TPSA) is 90.9 Å². The van der Waals surface area contributed by atoms with Gasteiger partial charge in [-0.25, -0.2) is 4.79 Å². The van der Waals surface area contributed by atoms with Crippen molar-refractivity contribution >= 4 is 18.0 Å². The lowest BCUT2D eigenvalue weighted by Crippen LogP contribution is -2.53. The molecule has 0 aliphatic rings. The largest absolute Gasteiger partial charge is 0.466 e. The number of benzene rings is 1. The molecule has 1 rings (SSSR count). The highest BCUT2D eigenvalue weighted by molar-refractivity contribution is 5.69. The first-order chi connectivity index (χ1) is 16.8. The van der Waals surface area contributed by atoms with Crippen LogP contribution in [0.15, 0.2) is 24.3 Å². The Labute approximate surface area is 211 Å². The molecule has 1 unspecified atom stereocenters. The Kier molecular flexibility index (Phi) is 15.5. The maximum absolute atomic E-state index is 12.1. The average Bonchev–Trinajstić information content (AvgIpc) is 2.83. The van der Waals surface area contributed by atoms with E-state index >= 15 is 0 Å². The molecule has 0 heterocycles. The molecule has 0 saturated carbocycles. The first kappa shape index (κ1) is 30.5. The summed E-state index contributed by atoms with van der Waals surface area (Å²) >= 11 is 0. The van der Waals surface area contributed by atoms with Crippen molar-refractivity contribution in [3.05, 3.63) is 35.4 Å². The zero-order valence-electron chi connectivity index (χ0n) is 22.2. The van der Waals surface area contributed by atoms with Gasteiger partial charge in [-0.1, -0.05) is 76.1 Å². The van der Waals surface area contributed by atoms with E-state index < -0.39 is 23.6 Å². The fourth-order valence-electron chi connectivity index (χ4n) is 4.05. The number of esters is 2. The van der Waals surface area contributed by atoms with Crippen molar-refractivity contribution in [2.45, 2.75) is 103 Å². The van der Waals surface area contributed by atoms with Crippen molar-refractivity contribution in [2.75, 3.05) is 20.3 Å². The molecule has 198 valence electrons. The predicted octanol–water partition coefficient (Wildman–Crippen LogP) is 5.91. The van der Waals surface area contributed by atoms with Crippen LogP contribution in [-0.2, 0) is 36.6 Å². The van der Waals surface area contributed by atoms with Crippen molar-refractivity contribution in [2.24, 2.45) is 0 Å². The van der Waals surface area contributed by atoms with Crippen LogP contribution in [-0.4, -0.2) is 43.9 Å². The minimum atomic E-state index is -0.913. The van der Waals surface area contributed by atoms with Crippen molar-refractivity contribution in [1.29, 1.82) is 0 Å². The van der Waals surface area contributed by atoms with E-state index in [4.69, 9.17) is 14.2 Å². The van der Waals surface area contributed by atoms with E-state index in [0.717, 1.165) is 12.0 Å². The van der Waals surface area contributed by atoms with Gasteiger partial charge >= 0.3 is 18.0 Å². The third-order valence-electron chi connectivity index (χ3n) is 6.22. The van der Waals surface area contributed by atoms with Crippen LogP contribution < -0.4 is 5.32 Å². The number of aryl methyl sites for hydroxylation is 2. The van der Waals surface area contributed by atoms with Crippen molar-refractivity contribution in [1.82, 2.24) is 5.32 Å². The molecule has 0 aliphatic carbocycles. The Morgan fingerprint density at radius 3 is 1.86 bits per heavy atom. The number of alkyl carbamates (subject to hydrolysis) is 1. The molecular formula is C28H45NO6. The quantitative estimate of drug-likeness (QED) is 0.156. The first-order valence-corrected chi connectivity index (χ1v) is 13.0. The molecule has 0 saturated heterocycles. The molecule has 1 atom stereocenters. The van der Waals surface area contributed by atoms with E-state index in [0.29, 0.717) is 19.3 Å². The third-order valence-corrected chi connectivity index (χ3v) is 6.22. The van der Waals surface area contributed by atoms with Gasteiger partial charge in [0.2, 0.25) is 0 Å². The van der Waals surface area contributed by atoms with Crippen LogP contribution in [0, 0.1) is 0 Å². The van der Waals surface area contributed by atoms with E-state index in [-0.39, 0.29) is 13.2 Å². The van der Waals surface area contributed by atoms with Crippen LogP contribution in [0.25, 0.3) is 0 Å². The second-order valence-electron chi connectivity index (χ2n) is 9.31. The Morgan fingerprint density at radius 2 is 1.31 bits per heavy atom. The highest BCUT2D eigenvalue weighted by atomic mass is 16.5. The van der Waals surface area contributed by atoms with Gasteiger partial charge in [0, 0.05) is 20.3 Å². The highest BCUT2D eigenvalue weighted by Crippen LogP contribution is 2.22. The molecule has 0 fully saturated rings. The summed E-state index contributed by atoms with van der Waals surface area (Å²) in [6.45, 7) is 4.96. The van der Waals surface area contributed by atoms with Gasteiger partial charge in [-0.05, 0) is 36.8 Å². The molecule has 1 aromatic carbocycles. The minimum Gasteiger partial charge on any atom is -0.466 e. The summed E-state index contributed by atoms with van der Waals surface area (Å²) in [6, 6.07) is 8.55. The standard InChI is InChI=1S/C28H45NO6/c1-5-6-7-8-9-10-11-12-13-25-14-16-26(17-15-25)18-19-28(22-35-24(3)31,29-27(32)33-4)20-21-34-23(2)30/h14-17H,5-13,18-22H2,1-4H3,(H,29,32). The van der Waals surface area contributed by atoms with Gasteiger partial charge < -0.3 is 19.5 Å². The van der Waals surface area contributed by atoms with Crippen molar-refractivity contribution < 1.29 is 28.6 Å². The molecule has 0 spiro atoms. The third kappa shape index (κ3) is 14.4. The summed E-state index contributed by atoms with van der Waals surface area (Å²) in [5, 5.41) is 2.82. The molecule has 1 amide bonds. The van der Waals surface area contributed by atoms with Gasteiger partial charge in [0.1, 0.15) is 6.61 Å². The van der Waals surface area contributed by atoms with E-state index in [1.165, 1.54) is 77.9 Å². The lowest BCUT2D eigenvalue weighted by molar-refractivity contribution is -0.146. The molecule has 0 aromatic heterocycles. The smallest absolute Gasteiger partial charge is 0.407 e. The molecule has 0 bridgehead atoms. The number of unbranched alkanes of at least 4 members (excludes halogenated alkanes) is 7. The number of carbonyl (C=O) groups is 3. The van der Waals surface area contributed by atoms with E-state index in [1.54, 1.807) is 0 Å². The maximum atomic E-state index is 12.1. The number of methoxy groups -OCH3 is 1. The second-order valence-corrected chi connectivity index (χ2v) is 9.31. The number of carbonyl (C=O) groups excluding carboxylic acids is 3. The summed E-state index contributed by atoms with van der Waals surface area (Å²) in [7, 11) is 1.28. The fourth-order valence-corrected chi connectivity index (χ4v) is 4.05. The molecule has 0 radical (unpaired) electrons. The zero-order chi connectivity index (χ0) is 25.9. The lowest BCUT2D eigenvalue weighted by atomic mass is 9.88. The lowest BCUT2D eigenvalue weighted by Gasteiger charge is -2.33. The second kappa shape index (κ2) is 17.8. The number of hydrogen-bond donors (Lipinski definition) is 1. The van der Waals surface area contributed by atoms with Gasteiger partial charge in [0.15, 0.2) is 0 Å². The predicted molar refractivity (Wildman–Crippen MR) is 137 cm³/mol. The Morgan fingerprint density at radius 1 is 0.771 bits per heavy atom. The molecule has 7 heteroatoms. The normalized spacial score (nSPS) is 12.5. The van der Waals surface area contributed by atoms with Gasteiger partial charge in [-0.15, -0.1) is 0 Å². The molecule has 1 aromatic rings. The van der Waals surface area contributed by atoms with Crippen LogP contribution in [0.2, 0.25) is 0 Å². The number of amides is 1. The van der Waals surface area contributed by atoms with Crippen LogP contribution in [0.5, 0.6) is 0 Å². The van der Waals surface area contributed by atoms with Crippen LogP contribution in [0.1, 0.15) is 96.1 Å². The van der Waals surface area contributed by atoms with Gasteiger partial charge in [0.05, 0.1) is 19.3 Å². The van der Waals surface area contributed by atoms with Crippen molar-refractivity contribution in [3.8, 4) is 0 Å². The molecule has 0 aliphatic heterocycles. The van der Waals surface area contributed by atoms with Crippen LogP contribution in [0.4, 0.5) is 4.79 Å². The monoisotopic (exact) mass is 491 g/mol. The zero-order valence-corrected chi connectivity index (χ0v) is 22.2. The number of hydrogen-bond acceptors (Lipinski definition) is 6. The van der Waals surface area contributed by atoms with Gasteiger partial charge in [-0.3, -0.25) is 9.59 Å². The molecular weight excluding hydrogens is 446 g/mol. The van der Waals surface area contributed by atoms with Crippen molar-refractivity contribution in [3.63, 3.8) is 0 Å². The van der Waals surface area contributed by atoms with E-state index in [9.17, 15) is 14.4 Å². The summed E-state index contributed by atoms with van der Waals surface area (Å²) < 4.78 is 15.1. The number of rotatable bonds is 18. The van der Waals surface area contributed by atoms with Gasteiger partial charge in [0.25, 0.3) is 0 Å². The fraction of sp³-hybridized carbons (Fsp3) is 0.679. The highest BCUT2D eigenvalue weighted by Gasteiger charge is 2.34. The molecule has 1 N–H and O–H groups in total. The Bertz CT molecular complexity index is 748. The first-order valence-electron chi connectivity index (χ1n) is 13.0. The Balaban J connectivity index is 2.65. The maximum Gasteiger partial charge on any atom is 0.407 e. The summed E-state index contributed by atoms with van der Waals surface area (Å²) in [6.07, 6.45) is 12.4. The molecule has 35 heavy (non-hydrogen) atoms. The molecule has 7 nitrogen and oxygen atoms in total. The summed E-state index contributed by atoms with van der Waals surface area (Å²) in [5.41, 5.74) is 1.54. The summed E-state index contributed by atoms with van der Waals surface area (Å²) in [4.78, 5) is 34.8. The number of nitrogens with one attached hydrogen (secondary N) is 1. The van der Waals surface area contributed by atoms with Crippen LogP contribution in [0.3, 0.4) is 0 Å². The van der Waals surface area contributed by atoms with E-state index in [2.05, 4.69) is 36.5 Å². The minimum absolute atomic E-state index is 0.0325. The van der Waals surface area contributed by atoms with Crippen LogP contribution >= 0.6 is 0 Å². The summed E-state index contributed by atoms with van der Waals surface area (Å²) in [5.74, 6) is -0.852. The number of ether oxygens (including phenoxy) is 3. The SMILES string of the molecule is CCCCCCCCCCc1ccc(CCC(CCOC(C)=O)(COC(C)=O)NC(=O)OC)cc1.